The van der Waals surface area contributed by atoms with Crippen LogP contribution in [0, 0.1) is 0 Å². The minimum Gasteiger partial charge on any atom is -0.372 e. The molecule has 0 aliphatic heterocycles. The van der Waals surface area contributed by atoms with Crippen molar-refractivity contribution in [3.63, 3.8) is 0 Å². The summed E-state index contributed by atoms with van der Waals surface area (Å²) in [6.07, 6.45) is 0.922. The monoisotopic (exact) mass is 220 g/mol. The molecule has 0 bridgehead atoms. The largest absolute Gasteiger partial charge is 0.372 e. The normalized spacial score (nSPS) is 11.6. The fourth-order valence-electron chi connectivity index (χ4n) is 1.94. The molecule has 1 aromatic carbocycles. The molecule has 0 heterocycles. The summed E-state index contributed by atoms with van der Waals surface area (Å²) in [6, 6.07) is 8.74. The lowest BCUT2D eigenvalue weighted by Gasteiger charge is -2.22. The summed E-state index contributed by atoms with van der Waals surface area (Å²) in [4.78, 5) is 2.34. The number of rotatable bonds is 5. The predicted molar refractivity (Wildman–Crippen MR) is 72.0 cm³/mol. The van der Waals surface area contributed by atoms with E-state index in [1.54, 1.807) is 0 Å². The third-order valence-electron chi connectivity index (χ3n) is 2.72. The summed E-state index contributed by atoms with van der Waals surface area (Å²) in [6.45, 7) is 10.6. The summed E-state index contributed by atoms with van der Waals surface area (Å²) in [7, 11) is 0. The second-order valence-electron chi connectivity index (χ2n) is 5.00. The maximum Gasteiger partial charge on any atom is 0.0366 e. The fraction of sp³-hybridized carbons (Fsp3) is 0.571. The SMILES string of the molecule is CCN(CC)c1ccc(CC(C)(C)N)cc1. The van der Waals surface area contributed by atoms with Crippen LogP contribution < -0.4 is 10.6 Å². The van der Waals surface area contributed by atoms with Crippen molar-refractivity contribution in [3.05, 3.63) is 29.8 Å². The predicted octanol–water partition coefficient (Wildman–Crippen LogP) is 2.81. The van der Waals surface area contributed by atoms with Gasteiger partial charge in [-0.05, 0) is 51.8 Å². The highest BCUT2D eigenvalue weighted by atomic mass is 15.1. The van der Waals surface area contributed by atoms with Crippen LogP contribution in [0.3, 0.4) is 0 Å². The van der Waals surface area contributed by atoms with Crippen molar-refractivity contribution in [2.45, 2.75) is 39.7 Å². The van der Waals surface area contributed by atoms with E-state index in [0.29, 0.717) is 0 Å². The van der Waals surface area contributed by atoms with Crippen LogP contribution in [0.1, 0.15) is 33.3 Å². The standard InChI is InChI=1S/C14H24N2/c1-5-16(6-2)13-9-7-12(8-10-13)11-14(3,4)15/h7-10H,5-6,11,15H2,1-4H3. The molecule has 1 aromatic rings. The molecule has 0 aromatic heterocycles. The van der Waals surface area contributed by atoms with Crippen molar-refractivity contribution < 1.29 is 0 Å². The minimum atomic E-state index is -0.128. The van der Waals surface area contributed by atoms with E-state index in [9.17, 15) is 0 Å². The number of nitrogens with two attached hydrogens (primary N) is 1. The highest BCUT2D eigenvalue weighted by Gasteiger charge is 2.11. The quantitative estimate of drug-likeness (QED) is 0.826. The van der Waals surface area contributed by atoms with E-state index >= 15 is 0 Å². The summed E-state index contributed by atoms with van der Waals surface area (Å²) >= 11 is 0. The van der Waals surface area contributed by atoms with Crippen molar-refractivity contribution in [2.24, 2.45) is 5.73 Å². The van der Waals surface area contributed by atoms with Crippen LogP contribution in [-0.2, 0) is 6.42 Å². The molecule has 2 N–H and O–H groups in total. The zero-order valence-electron chi connectivity index (χ0n) is 11.0. The molecule has 90 valence electrons. The second kappa shape index (κ2) is 5.35. The van der Waals surface area contributed by atoms with E-state index in [0.717, 1.165) is 19.5 Å². The number of hydrogen-bond acceptors (Lipinski definition) is 2. The average molecular weight is 220 g/mol. The van der Waals surface area contributed by atoms with Crippen LogP contribution in [0.5, 0.6) is 0 Å². The molecule has 1 rings (SSSR count). The summed E-state index contributed by atoms with van der Waals surface area (Å²) < 4.78 is 0. The zero-order valence-corrected chi connectivity index (χ0v) is 11.0. The lowest BCUT2D eigenvalue weighted by Crippen LogP contribution is -2.34. The first-order chi connectivity index (χ1) is 7.46. The molecular formula is C14H24N2. The fourth-order valence-corrected chi connectivity index (χ4v) is 1.94. The molecule has 0 unspecified atom stereocenters. The minimum absolute atomic E-state index is 0.128. The molecule has 16 heavy (non-hydrogen) atoms. The molecule has 0 spiro atoms. The topological polar surface area (TPSA) is 29.3 Å². The Labute approximate surface area is 99.5 Å². The Kier molecular flexibility index (Phi) is 4.36. The van der Waals surface area contributed by atoms with Crippen molar-refractivity contribution in [3.8, 4) is 0 Å². The molecule has 0 atom stereocenters. The highest BCUT2D eigenvalue weighted by molar-refractivity contribution is 5.47. The van der Waals surface area contributed by atoms with Gasteiger partial charge in [0.25, 0.3) is 0 Å². The molecule has 0 amide bonds. The van der Waals surface area contributed by atoms with Crippen LogP contribution in [-0.4, -0.2) is 18.6 Å². The third-order valence-corrected chi connectivity index (χ3v) is 2.72. The molecule has 2 nitrogen and oxygen atoms in total. The van der Waals surface area contributed by atoms with Crippen LogP contribution >= 0.6 is 0 Å². The Balaban J connectivity index is 2.75. The van der Waals surface area contributed by atoms with Gasteiger partial charge >= 0.3 is 0 Å². The van der Waals surface area contributed by atoms with Gasteiger partial charge in [-0.25, -0.2) is 0 Å². The zero-order chi connectivity index (χ0) is 12.2. The summed E-state index contributed by atoms with van der Waals surface area (Å²) in [5.41, 5.74) is 8.48. The molecular weight excluding hydrogens is 196 g/mol. The molecule has 0 saturated carbocycles. The van der Waals surface area contributed by atoms with Gasteiger partial charge in [0, 0.05) is 24.3 Å². The maximum absolute atomic E-state index is 6.01. The van der Waals surface area contributed by atoms with Crippen molar-refractivity contribution in [1.82, 2.24) is 0 Å². The lowest BCUT2D eigenvalue weighted by atomic mass is 9.96. The van der Waals surface area contributed by atoms with Gasteiger partial charge in [0.15, 0.2) is 0 Å². The van der Waals surface area contributed by atoms with Crippen LogP contribution in [0.25, 0.3) is 0 Å². The summed E-state index contributed by atoms with van der Waals surface area (Å²) in [5, 5.41) is 0. The van der Waals surface area contributed by atoms with E-state index in [-0.39, 0.29) is 5.54 Å². The van der Waals surface area contributed by atoms with Crippen LogP contribution in [0.2, 0.25) is 0 Å². The van der Waals surface area contributed by atoms with Gasteiger partial charge in [0.1, 0.15) is 0 Å². The Bertz CT molecular complexity index is 305. The molecule has 0 aliphatic carbocycles. The van der Waals surface area contributed by atoms with Crippen LogP contribution in [0.15, 0.2) is 24.3 Å². The van der Waals surface area contributed by atoms with E-state index in [1.165, 1.54) is 11.3 Å². The van der Waals surface area contributed by atoms with Gasteiger partial charge in [0.2, 0.25) is 0 Å². The van der Waals surface area contributed by atoms with Crippen molar-refractivity contribution in [1.29, 1.82) is 0 Å². The number of nitrogens with zero attached hydrogens (tertiary/aromatic N) is 1. The Morgan fingerprint density at radius 3 is 1.94 bits per heavy atom. The third kappa shape index (κ3) is 3.86. The first-order valence-corrected chi connectivity index (χ1v) is 6.09. The van der Waals surface area contributed by atoms with E-state index < -0.39 is 0 Å². The van der Waals surface area contributed by atoms with Crippen molar-refractivity contribution in [2.75, 3.05) is 18.0 Å². The smallest absolute Gasteiger partial charge is 0.0366 e. The highest BCUT2D eigenvalue weighted by Crippen LogP contribution is 2.17. The van der Waals surface area contributed by atoms with E-state index in [4.69, 9.17) is 5.73 Å². The molecule has 0 saturated heterocycles. The van der Waals surface area contributed by atoms with Gasteiger partial charge in [-0.1, -0.05) is 12.1 Å². The van der Waals surface area contributed by atoms with Crippen molar-refractivity contribution >= 4 is 5.69 Å². The lowest BCUT2D eigenvalue weighted by molar-refractivity contribution is 0.517. The maximum atomic E-state index is 6.01. The Hall–Kier alpha value is -1.02. The average Bonchev–Trinajstić information content (AvgIpc) is 2.20. The van der Waals surface area contributed by atoms with Gasteiger partial charge in [-0.15, -0.1) is 0 Å². The first kappa shape index (κ1) is 13.0. The number of hydrogen-bond donors (Lipinski definition) is 1. The molecule has 2 heteroatoms. The molecule has 0 fully saturated rings. The number of benzene rings is 1. The van der Waals surface area contributed by atoms with E-state index in [1.807, 2.05) is 0 Å². The molecule has 0 radical (unpaired) electrons. The second-order valence-corrected chi connectivity index (χ2v) is 5.00. The van der Waals surface area contributed by atoms with E-state index in [2.05, 4.69) is 56.9 Å². The van der Waals surface area contributed by atoms with Crippen LogP contribution in [0.4, 0.5) is 5.69 Å². The Morgan fingerprint density at radius 1 is 1.06 bits per heavy atom. The Morgan fingerprint density at radius 2 is 1.56 bits per heavy atom. The van der Waals surface area contributed by atoms with Gasteiger partial charge in [-0.2, -0.15) is 0 Å². The number of anilines is 1. The first-order valence-electron chi connectivity index (χ1n) is 6.09. The van der Waals surface area contributed by atoms with Gasteiger partial charge < -0.3 is 10.6 Å². The molecule has 0 aliphatic rings. The van der Waals surface area contributed by atoms with Gasteiger partial charge in [-0.3, -0.25) is 0 Å². The van der Waals surface area contributed by atoms with Gasteiger partial charge in [0.05, 0.1) is 0 Å². The summed E-state index contributed by atoms with van der Waals surface area (Å²) in [5.74, 6) is 0.